The quantitative estimate of drug-likeness (QED) is 0.561. The summed E-state index contributed by atoms with van der Waals surface area (Å²) in [5.74, 6) is 0.946. The highest BCUT2D eigenvalue weighted by Crippen LogP contribution is 2.44. The van der Waals surface area contributed by atoms with Crippen molar-refractivity contribution in [2.75, 3.05) is 7.05 Å². The van der Waals surface area contributed by atoms with Gasteiger partial charge in [-0.3, -0.25) is 4.99 Å². The summed E-state index contributed by atoms with van der Waals surface area (Å²) in [4.78, 5) is 4.32. The van der Waals surface area contributed by atoms with Crippen LogP contribution < -0.4 is 10.6 Å². The van der Waals surface area contributed by atoms with E-state index in [-0.39, 0.29) is 0 Å². The van der Waals surface area contributed by atoms with Crippen LogP contribution in [0.4, 0.5) is 0 Å². The van der Waals surface area contributed by atoms with E-state index >= 15 is 0 Å². The van der Waals surface area contributed by atoms with E-state index in [0.29, 0.717) is 29.7 Å². The molecule has 17 heavy (non-hydrogen) atoms. The van der Waals surface area contributed by atoms with Gasteiger partial charge in [-0.25, -0.2) is 0 Å². The standard InChI is InChI=1S/C13H23N3O/c1-13(2)7-11(13)16-12(14-3)15-9-6-8-4-5-10(9)17-8/h8-11H,4-7H2,1-3H3,(H2,14,15,16). The van der Waals surface area contributed by atoms with Crippen LogP contribution in [0.25, 0.3) is 0 Å². The molecule has 4 heteroatoms. The Balaban J connectivity index is 1.53. The fourth-order valence-corrected chi connectivity index (χ4v) is 3.01. The molecule has 0 aromatic carbocycles. The topological polar surface area (TPSA) is 45.7 Å². The lowest BCUT2D eigenvalue weighted by molar-refractivity contribution is 0.0992. The van der Waals surface area contributed by atoms with Crippen molar-refractivity contribution in [2.45, 2.75) is 63.8 Å². The number of guanidine groups is 1. The molecule has 4 unspecified atom stereocenters. The first-order valence-electron chi connectivity index (χ1n) is 6.74. The minimum atomic E-state index is 0.408. The zero-order chi connectivity index (χ0) is 12.0. The molecule has 3 fully saturated rings. The van der Waals surface area contributed by atoms with Gasteiger partial charge >= 0.3 is 0 Å². The Kier molecular flexibility index (Phi) is 2.58. The Morgan fingerprint density at radius 1 is 1.29 bits per heavy atom. The predicted octanol–water partition coefficient (Wildman–Crippen LogP) is 1.27. The number of hydrogen-bond donors (Lipinski definition) is 2. The summed E-state index contributed by atoms with van der Waals surface area (Å²) < 4.78 is 5.85. The van der Waals surface area contributed by atoms with Gasteiger partial charge in [0.2, 0.25) is 0 Å². The van der Waals surface area contributed by atoms with E-state index in [1.807, 2.05) is 7.05 Å². The highest BCUT2D eigenvalue weighted by Gasteiger charge is 2.47. The molecule has 0 amide bonds. The fraction of sp³-hybridized carbons (Fsp3) is 0.923. The molecule has 2 aliphatic heterocycles. The SMILES string of the molecule is CN=C(NC1CC2CCC1O2)NC1CC1(C)C. The van der Waals surface area contributed by atoms with Crippen LogP contribution in [0.15, 0.2) is 4.99 Å². The number of rotatable bonds is 2. The normalized spacial score (nSPS) is 42.6. The van der Waals surface area contributed by atoms with Gasteiger partial charge in [0.05, 0.1) is 18.2 Å². The number of fused-ring (bicyclic) bond motifs is 2. The lowest BCUT2D eigenvalue weighted by Crippen LogP contribution is -2.48. The Bertz CT molecular complexity index is 340. The summed E-state index contributed by atoms with van der Waals surface area (Å²) in [5, 5.41) is 7.02. The molecule has 4 nitrogen and oxygen atoms in total. The molecule has 2 heterocycles. The van der Waals surface area contributed by atoms with Crippen molar-refractivity contribution in [1.82, 2.24) is 10.6 Å². The van der Waals surface area contributed by atoms with Crippen molar-refractivity contribution < 1.29 is 4.74 Å². The fourth-order valence-electron chi connectivity index (χ4n) is 3.01. The minimum absolute atomic E-state index is 0.408. The molecule has 0 aromatic rings. The maximum atomic E-state index is 5.85. The van der Waals surface area contributed by atoms with Gasteiger partial charge in [-0.05, 0) is 31.1 Å². The third-order valence-electron chi connectivity index (χ3n) is 4.48. The molecule has 3 aliphatic rings. The van der Waals surface area contributed by atoms with Crippen LogP contribution in [0.5, 0.6) is 0 Å². The molecule has 1 saturated carbocycles. The highest BCUT2D eigenvalue weighted by molar-refractivity contribution is 5.80. The first kappa shape index (κ1) is 11.3. The van der Waals surface area contributed by atoms with Crippen LogP contribution in [-0.4, -0.2) is 37.3 Å². The Morgan fingerprint density at radius 2 is 2.06 bits per heavy atom. The van der Waals surface area contributed by atoms with E-state index in [4.69, 9.17) is 4.74 Å². The summed E-state index contributed by atoms with van der Waals surface area (Å²) in [6, 6.07) is 1.04. The second-order valence-corrected chi connectivity index (χ2v) is 6.32. The van der Waals surface area contributed by atoms with Crippen molar-refractivity contribution in [1.29, 1.82) is 0 Å². The van der Waals surface area contributed by atoms with Crippen molar-refractivity contribution in [3.8, 4) is 0 Å². The van der Waals surface area contributed by atoms with Gasteiger partial charge < -0.3 is 15.4 Å². The van der Waals surface area contributed by atoms with Crippen LogP contribution in [0, 0.1) is 5.41 Å². The second-order valence-electron chi connectivity index (χ2n) is 6.32. The number of nitrogens with one attached hydrogen (secondary N) is 2. The average Bonchev–Trinajstić information content (AvgIpc) is 2.73. The van der Waals surface area contributed by atoms with E-state index in [2.05, 4.69) is 29.5 Å². The van der Waals surface area contributed by atoms with E-state index < -0.39 is 0 Å². The first-order valence-corrected chi connectivity index (χ1v) is 6.74. The molecular weight excluding hydrogens is 214 g/mol. The molecule has 0 aromatic heterocycles. The van der Waals surface area contributed by atoms with Gasteiger partial charge in [-0.1, -0.05) is 13.8 Å². The predicted molar refractivity (Wildman–Crippen MR) is 68.1 cm³/mol. The number of hydrogen-bond acceptors (Lipinski definition) is 2. The Morgan fingerprint density at radius 3 is 2.53 bits per heavy atom. The van der Waals surface area contributed by atoms with E-state index in [1.54, 1.807) is 0 Å². The summed E-state index contributed by atoms with van der Waals surface area (Å²) in [6.07, 6.45) is 5.72. The Hall–Kier alpha value is -0.770. The van der Waals surface area contributed by atoms with Gasteiger partial charge in [-0.15, -0.1) is 0 Å². The molecule has 0 spiro atoms. The molecular formula is C13H23N3O. The third kappa shape index (κ3) is 2.15. The van der Waals surface area contributed by atoms with E-state index in [0.717, 1.165) is 12.4 Å². The highest BCUT2D eigenvalue weighted by atomic mass is 16.5. The van der Waals surface area contributed by atoms with Crippen molar-refractivity contribution in [3.05, 3.63) is 0 Å². The smallest absolute Gasteiger partial charge is 0.191 e. The zero-order valence-electron chi connectivity index (χ0n) is 11.0. The first-order chi connectivity index (χ1) is 8.08. The van der Waals surface area contributed by atoms with Crippen molar-refractivity contribution >= 4 is 5.96 Å². The maximum absolute atomic E-state index is 5.85. The van der Waals surface area contributed by atoms with Crippen LogP contribution in [-0.2, 0) is 4.74 Å². The van der Waals surface area contributed by atoms with E-state index in [9.17, 15) is 0 Å². The summed E-state index contributed by atoms with van der Waals surface area (Å²) in [7, 11) is 1.85. The molecule has 96 valence electrons. The molecule has 2 bridgehead atoms. The summed E-state index contributed by atoms with van der Waals surface area (Å²) >= 11 is 0. The number of aliphatic imine (C=N–C) groups is 1. The molecule has 1 aliphatic carbocycles. The van der Waals surface area contributed by atoms with E-state index in [1.165, 1.54) is 19.3 Å². The largest absolute Gasteiger partial charge is 0.373 e. The van der Waals surface area contributed by atoms with Crippen LogP contribution in [0.2, 0.25) is 0 Å². The molecule has 0 radical (unpaired) electrons. The monoisotopic (exact) mass is 237 g/mol. The number of ether oxygens (including phenoxy) is 1. The van der Waals surface area contributed by atoms with Crippen molar-refractivity contribution in [3.63, 3.8) is 0 Å². The van der Waals surface area contributed by atoms with Gasteiger partial charge in [0, 0.05) is 13.1 Å². The second kappa shape index (κ2) is 3.87. The lowest BCUT2D eigenvalue weighted by Gasteiger charge is -2.23. The van der Waals surface area contributed by atoms with Gasteiger partial charge in [0.1, 0.15) is 0 Å². The zero-order valence-corrected chi connectivity index (χ0v) is 11.0. The van der Waals surface area contributed by atoms with Crippen LogP contribution in [0.1, 0.15) is 39.5 Å². The minimum Gasteiger partial charge on any atom is -0.373 e. The van der Waals surface area contributed by atoms with Crippen LogP contribution in [0.3, 0.4) is 0 Å². The third-order valence-corrected chi connectivity index (χ3v) is 4.48. The molecule has 4 atom stereocenters. The average molecular weight is 237 g/mol. The van der Waals surface area contributed by atoms with Gasteiger partial charge in [-0.2, -0.15) is 0 Å². The molecule has 3 rings (SSSR count). The molecule has 2 N–H and O–H groups in total. The number of nitrogens with zero attached hydrogens (tertiary/aromatic N) is 1. The van der Waals surface area contributed by atoms with Crippen LogP contribution >= 0.6 is 0 Å². The summed E-state index contributed by atoms with van der Waals surface area (Å²) in [5.41, 5.74) is 0.433. The van der Waals surface area contributed by atoms with Gasteiger partial charge in [0.25, 0.3) is 0 Å². The van der Waals surface area contributed by atoms with Crippen molar-refractivity contribution in [2.24, 2.45) is 10.4 Å². The summed E-state index contributed by atoms with van der Waals surface area (Å²) in [6.45, 7) is 4.58. The lowest BCUT2D eigenvalue weighted by atomic mass is 9.96. The maximum Gasteiger partial charge on any atom is 0.191 e. The van der Waals surface area contributed by atoms with Gasteiger partial charge in [0.15, 0.2) is 5.96 Å². The Labute approximate surface area is 103 Å². The molecule has 2 saturated heterocycles.